The fourth-order valence-corrected chi connectivity index (χ4v) is 2.60. The Hall–Kier alpha value is -1.88. The minimum Gasteiger partial charge on any atom is -0.452 e. The van der Waals surface area contributed by atoms with Crippen LogP contribution in [-0.4, -0.2) is 25.0 Å². The molecular formula is C17H19ClFNO3. The number of halogens is 2. The van der Waals surface area contributed by atoms with Crippen LogP contribution in [0.1, 0.15) is 42.5 Å². The third-order valence-corrected chi connectivity index (χ3v) is 3.97. The van der Waals surface area contributed by atoms with Crippen LogP contribution in [0.15, 0.2) is 29.8 Å². The number of esters is 1. The molecule has 0 atom stereocenters. The smallest absolute Gasteiger partial charge is 0.340 e. The summed E-state index contributed by atoms with van der Waals surface area (Å²) in [5.74, 6) is -1.80. The number of rotatable bonds is 6. The Balaban J connectivity index is 1.72. The lowest BCUT2D eigenvalue weighted by molar-refractivity contribution is -0.124. The monoisotopic (exact) mass is 339 g/mol. The largest absolute Gasteiger partial charge is 0.452 e. The van der Waals surface area contributed by atoms with Gasteiger partial charge in [-0.15, -0.1) is 0 Å². The van der Waals surface area contributed by atoms with Gasteiger partial charge in [0.1, 0.15) is 5.82 Å². The second kappa shape index (κ2) is 8.67. The topological polar surface area (TPSA) is 55.4 Å². The molecule has 0 unspecified atom stereocenters. The average Bonchev–Trinajstić information content (AvgIpc) is 2.56. The first kappa shape index (κ1) is 17.5. The van der Waals surface area contributed by atoms with Crippen LogP contribution < -0.4 is 5.32 Å². The molecule has 0 aliphatic heterocycles. The standard InChI is InChI=1S/C17H19ClFNO3/c18-15-7-6-13(19)10-14(15)17(22)23-11-16(21)20-9-8-12-4-2-1-3-5-12/h4,6-7,10H,1-3,5,8-9,11H2,(H,20,21). The highest BCUT2D eigenvalue weighted by atomic mass is 35.5. The molecule has 6 heteroatoms. The number of allylic oxidation sites excluding steroid dienone is 1. The van der Waals surface area contributed by atoms with Crippen LogP contribution in [-0.2, 0) is 9.53 Å². The third-order valence-electron chi connectivity index (χ3n) is 3.64. The van der Waals surface area contributed by atoms with Gasteiger partial charge in [-0.25, -0.2) is 9.18 Å². The van der Waals surface area contributed by atoms with Gasteiger partial charge < -0.3 is 10.1 Å². The van der Waals surface area contributed by atoms with Crippen LogP contribution in [0.3, 0.4) is 0 Å². The van der Waals surface area contributed by atoms with E-state index in [0.717, 1.165) is 31.4 Å². The molecule has 4 nitrogen and oxygen atoms in total. The molecule has 1 aromatic rings. The van der Waals surface area contributed by atoms with Crippen LogP contribution in [0.5, 0.6) is 0 Å². The lowest BCUT2D eigenvalue weighted by Crippen LogP contribution is -2.30. The normalized spacial score (nSPS) is 14.1. The number of ether oxygens (including phenoxy) is 1. The van der Waals surface area contributed by atoms with Crippen molar-refractivity contribution in [1.82, 2.24) is 5.32 Å². The van der Waals surface area contributed by atoms with Gasteiger partial charge in [0.15, 0.2) is 6.61 Å². The van der Waals surface area contributed by atoms with Gasteiger partial charge in [-0.2, -0.15) is 0 Å². The highest BCUT2D eigenvalue weighted by Crippen LogP contribution is 2.19. The number of benzene rings is 1. The first-order chi connectivity index (χ1) is 11.1. The molecule has 1 aliphatic carbocycles. The Morgan fingerprint density at radius 3 is 2.87 bits per heavy atom. The molecule has 1 aromatic carbocycles. The minimum absolute atomic E-state index is 0.0843. The Bertz CT molecular complexity index is 616. The second-order valence-corrected chi connectivity index (χ2v) is 5.82. The van der Waals surface area contributed by atoms with E-state index in [0.29, 0.717) is 6.54 Å². The zero-order valence-corrected chi connectivity index (χ0v) is 13.5. The molecule has 2 rings (SSSR count). The first-order valence-electron chi connectivity index (χ1n) is 7.63. The number of carbonyl (C=O) groups is 2. The quantitative estimate of drug-likeness (QED) is 0.636. The molecule has 0 spiro atoms. The lowest BCUT2D eigenvalue weighted by atomic mass is 9.97. The second-order valence-electron chi connectivity index (χ2n) is 5.41. The number of hydrogen-bond donors (Lipinski definition) is 1. The van der Waals surface area contributed by atoms with Crippen molar-refractivity contribution in [2.45, 2.75) is 32.1 Å². The van der Waals surface area contributed by atoms with E-state index >= 15 is 0 Å². The maximum atomic E-state index is 13.1. The van der Waals surface area contributed by atoms with E-state index in [1.165, 1.54) is 24.5 Å². The van der Waals surface area contributed by atoms with Crippen molar-refractivity contribution in [2.24, 2.45) is 0 Å². The van der Waals surface area contributed by atoms with Crippen LogP contribution in [0.4, 0.5) is 4.39 Å². The molecule has 23 heavy (non-hydrogen) atoms. The molecule has 0 radical (unpaired) electrons. The van der Waals surface area contributed by atoms with Crippen LogP contribution >= 0.6 is 11.6 Å². The van der Waals surface area contributed by atoms with Crippen LogP contribution in [0, 0.1) is 5.82 Å². The van der Waals surface area contributed by atoms with E-state index < -0.39 is 18.4 Å². The lowest BCUT2D eigenvalue weighted by Gasteiger charge is -2.13. The van der Waals surface area contributed by atoms with E-state index in [1.807, 2.05) is 0 Å². The molecule has 1 N–H and O–H groups in total. The van der Waals surface area contributed by atoms with Crippen LogP contribution in [0.2, 0.25) is 5.02 Å². The van der Waals surface area contributed by atoms with E-state index in [2.05, 4.69) is 11.4 Å². The van der Waals surface area contributed by atoms with Gasteiger partial charge in [0.25, 0.3) is 5.91 Å². The SMILES string of the molecule is O=C(COC(=O)c1cc(F)ccc1Cl)NCCC1=CCCCC1. The summed E-state index contributed by atoms with van der Waals surface area (Å²) >= 11 is 5.80. The highest BCUT2D eigenvalue weighted by Gasteiger charge is 2.14. The van der Waals surface area contributed by atoms with Crippen molar-refractivity contribution in [3.05, 3.63) is 46.3 Å². The third kappa shape index (κ3) is 5.67. The zero-order valence-electron chi connectivity index (χ0n) is 12.7. The predicted molar refractivity (Wildman–Crippen MR) is 85.9 cm³/mol. The van der Waals surface area contributed by atoms with Gasteiger partial charge in [-0.3, -0.25) is 4.79 Å². The number of hydrogen-bond acceptors (Lipinski definition) is 3. The molecule has 124 valence electrons. The highest BCUT2D eigenvalue weighted by molar-refractivity contribution is 6.33. The van der Waals surface area contributed by atoms with E-state index in [1.54, 1.807) is 0 Å². The van der Waals surface area contributed by atoms with Crippen molar-refractivity contribution in [1.29, 1.82) is 0 Å². The predicted octanol–water partition coefficient (Wildman–Crippen LogP) is 3.64. The molecule has 0 fully saturated rings. The summed E-state index contributed by atoms with van der Waals surface area (Å²) in [6, 6.07) is 3.40. The molecule has 0 saturated heterocycles. The summed E-state index contributed by atoms with van der Waals surface area (Å²) in [6.07, 6.45) is 7.66. The fourth-order valence-electron chi connectivity index (χ4n) is 2.41. The van der Waals surface area contributed by atoms with Crippen molar-refractivity contribution in [3.8, 4) is 0 Å². The summed E-state index contributed by atoms with van der Waals surface area (Å²) in [4.78, 5) is 23.4. The van der Waals surface area contributed by atoms with E-state index in [4.69, 9.17) is 16.3 Å². The molecule has 0 saturated carbocycles. The Morgan fingerprint density at radius 2 is 2.13 bits per heavy atom. The maximum absolute atomic E-state index is 13.1. The summed E-state index contributed by atoms with van der Waals surface area (Å²) in [7, 11) is 0. The molecule has 1 amide bonds. The maximum Gasteiger partial charge on any atom is 0.340 e. The number of amides is 1. The van der Waals surface area contributed by atoms with Crippen molar-refractivity contribution in [2.75, 3.05) is 13.2 Å². The van der Waals surface area contributed by atoms with E-state index in [9.17, 15) is 14.0 Å². The van der Waals surface area contributed by atoms with Gasteiger partial charge in [-0.05, 0) is 50.3 Å². The summed E-state index contributed by atoms with van der Waals surface area (Å²) in [5, 5.41) is 2.78. The average molecular weight is 340 g/mol. The molecule has 0 heterocycles. The van der Waals surface area contributed by atoms with Gasteiger partial charge >= 0.3 is 5.97 Å². The number of carbonyl (C=O) groups excluding carboxylic acids is 2. The Labute approximate surface area is 139 Å². The summed E-state index contributed by atoms with van der Waals surface area (Å²) in [6.45, 7) is 0.105. The van der Waals surface area contributed by atoms with Crippen molar-refractivity contribution in [3.63, 3.8) is 0 Å². The van der Waals surface area contributed by atoms with Gasteiger partial charge in [0.05, 0.1) is 10.6 Å². The van der Waals surface area contributed by atoms with Crippen molar-refractivity contribution < 1.29 is 18.7 Å². The molecule has 0 bridgehead atoms. The van der Waals surface area contributed by atoms with Gasteiger partial charge in [-0.1, -0.05) is 23.3 Å². The zero-order chi connectivity index (χ0) is 16.7. The number of nitrogens with one attached hydrogen (secondary N) is 1. The van der Waals surface area contributed by atoms with E-state index in [-0.39, 0.29) is 16.5 Å². The van der Waals surface area contributed by atoms with Crippen molar-refractivity contribution >= 4 is 23.5 Å². The first-order valence-corrected chi connectivity index (χ1v) is 8.01. The Kier molecular flexibility index (Phi) is 6.59. The van der Waals surface area contributed by atoms with Gasteiger partial charge in [0.2, 0.25) is 0 Å². The summed E-state index contributed by atoms with van der Waals surface area (Å²) in [5.41, 5.74) is 1.27. The molecule has 0 aromatic heterocycles. The fraction of sp³-hybridized carbons (Fsp3) is 0.412. The Morgan fingerprint density at radius 1 is 1.30 bits per heavy atom. The van der Waals surface area contributed by atoms with Crippen LogP contribution in [0.25, 0.3) is 0 Å². The van der Waals surface area contributed by atoms with Gasteiger partial charge in [0, 0.05) is 6.54 Å². The minimum atomic E-state index is -0.820. The molecule has 1 aliphatic rings. The summed E-state index contributed by atoms with van der Waals surface area (Å²) < 4.78 is 18.0. The molecular weight excluding hydrogens is 321 g/mol.